The number of para-hydroxylation sites is 1. The minimum absolute atomic E-state index is 0.381. The fourth-order valence-electron chi connectivity index (χ4n) is 2.00. The van der Waals surface area contributed by atoms with Gasteiger partial charge in [0.15, 0.2) is 0 Å². The molecule has 0 amide bonds. The van der Waals surface area contributed by atoms with Crippen molar-refractivity contribution in [2.75, 3.05) is 20.2 Å². The molecule has 0 radical (unpaired) electrons. The van der Waals surface area contributed by atoms with Crippen molar-refractivity contribution in [3.8, 4) is 5.75 Å². The van der Waals surface area contributed by atoms with E-state index >= 15 is 0 Å². The molecule has 0 fully saturated rings. The molecule has 0 aliphatic rings. The van der Waals surface area contributed by atoms with Crippen LogP contribution in [0.25, 0.3) is 0 Å². The molecule has 1 unspecified atom stereocenters. The number of hydrogen-bond donors (Lipinski definition) is 1. The van der Waals surface area contributed by atoms with Crippen LogP contribution in [0.3, 0.4) is 0 Å². The lowest BCUT2D eigenvalue weighted by atomic mass is 10.1. The van der Waals surface area contributed by atoms with Crippen molar-refractivity contribution >= 4 is 17.2 Å². The normalized spacial score (nSPS) is 12.7. The van der Waals surface area contributed by atoms with E-state index in [1.165, 1.54) is 0 Å². The number of hydrogen-bond acceptors (Lipinski definition) is 3. The van der Waals surface area contributed by atoms with E-state index in [4.69, 9.17) is 22.7 Å². The zero-order chi connectivity index (χ0) is 15.1. The first-order chi connectivity index (χ1) is 9.43. The minimum Gasteiger partial charge on any atom is -0.493 e. The third kappa shape index (κ3) is 5.10. The Morgan fingerprint density at radius 2 is 1.95 bits per heavy atom. The molecule has 0 saturated carbocycles. The standard InChI is InChI=1S/C16H26N2OS/c1-12(2)13(3)18(4)10-7-11-19-15-9-6-5-8-14(15)16(17)20/h5-6,8-9,12-13H,7,10-11H2,1-4H3,(H2,17,20). The lowest BCUT2D eigenvalue weighted by Gasteiger charge is -2.27. The maximum absolute atomic E-state index is 5.79. The average Bonchev–Trinajstić information content (AvgIpc) is 2.42. The number of ether oxygens (including phenoxy) is 1. The van der Waals surface area contributed by atoms with Crippen molar-refractivity contribution in [3.05, 3.63) is 29.8 Å². The molecule has 3 nitrogen and oxygen atoms in total. The minimum atomic E-state index is 0.381. The van der Waals surface area contributed by atoms with Crippen LogP contribution in [0.2, 0.25) is 0 Å². The lowest BCUT2D eigenvalue weighted by molar-refractivity contribution is 0.189. The van der Waals surface area contributed by atoms with Gasteiger partial charge in [-0.15, -0.1) is 0 Å². The average molecular weight is 294 g/mol. The van der Waals surface area contributed by atoms with Gasteiger partial charge in [0.1, 0.15) is 10.7 Å². The van der Waals surface area contributed by atoms with E-state index in [0.29, 0.717) is 23.6 Å². The summed E-state index contributed by atoms with van der Waals surface area (Å²) in [4.78, 5) is 2.75. The summed E-state index contributed by atoms with van der Waals surface area (Å²) in [6.07, 6.45) is 0.985. The second-order valence-corrected chi connectivity index (χ2v) is 5.97. The highest BCUT2D eigenvalue weighted by molar-refractivity contribution is 7.80. The molecule has 20 heavy (non-hydrogen) atoms. The van der Waals surface area contributed by atoms with E-state index in [2.05, 4.69) is 32.7 Å². The van der Waals surface area contributed by atoms with Gasteiger partial charge in [-0.3, -0.25) is 0 Å². The van der Waals surface area contributed by atoms with Crippen LogP contribution in [0.5, 0.6) is 5.75 Å². The molecule has 1 atom stereocenters. The first-order valence-electron chi connectivity index (χ1n) is 7.15. The van der Waals surface area contributed by atoms with Crippen molar-refractivity contribution in [1.29, 1.82) is 0 Å². The highest BCUT2D eigenvalue weighted by Crippen LogP contribution is 2.18. The van der Waals surface area contributed by atoms with Crippen LogP contribution in [-0.4, -0.2) is 36.1 Å². The molecule has 1 aromatic rings. The van der Waals surface area contributed by atoms with Gasteiger partial charge >= 0.3 is 0 Å². The van der Waals surface area contributed by atoms with E-state index < -0.39 is 0 Å². The van der Waals surface area contributed by atoms with Gasteiger partial charge in [0.25, 0.3) is 0 Å². The van der Waals surface area contributed by atoms with Gasteiger partial charge in [-0.05, 0) is 38.4 Å². The maximum atomic E-state index is 5.79. The van der Waals surface area contributed by atoms with Crippen LogP contribution < -0.4 is 10.5 Å². The number of nitrogens with zero attached hydrogens (tertiary/aromatic N) is 1. The molecule has 0 spiro atoms. The molecule has 2 N–H and O–H groups in total. The zero-order valence-corrected chi connectivity index (χ0v) is 13.7. The molecular weight excluding hydrogens is 268 g/mol. The Hall–Kier alpha value is -1.13. The topological polar surface area (TPSA) is 38.5 Å². The van der Waals surface area contributed by atoms with Crippen molar-refractivity contribution in [3.63, 3.8) is 0 Å². The smallest absolute Gasteiger partial charge is 0.129 e. The maximum Gasteiger partial charge on any atom is 0.129 e. The quantitative estimate of drug-likeness (QED) is 0.591. The van der Waals surface area contributed by atoms with E-state index in [-0.39, 0.29) is 0 Å². The van der Waals surface area contributed by atoms with Gasteiger partial charge in [-0.2, -0.15) is 0 Å². The van der Waals surface area contributed by atoms with Gasteiger partial charge in [-0.25, -0.2) is 0 Å². The Balaban J connectivity index is 2.40. The summed E-state index contributed by atoms with van der Waals surface area (Å²) in [6.45, 7) is 8.45. The number of rotatable bonds is 8. The molecule has 0 aliphatic carbocycles. The third-order valence-corrected chi connectivity index (χ3v) is 3.95. The largest absolute Gasteiger partial charge is 0.493 e. The summed E-state index contributed by atoms with van der Waals surface area (Å²) in [5.41, 5.74) is 6.49. The van der Waals surface area contributed by atoms with Gasteiger partial charge in [0.2, 0.25) is 0 Å². The molecular formula is C16H26N2OS. The van der Waals surface area contributed by atoms with Crippen molar-refractivity contribution in [1.82, 2.24) is 4.90 Å². The molecule has 112 valence electrons. The monoisotopic (exact) mass is 294 g/mol. The van der Waals surface area contributed by atoms with Crippen LogP contribution >= 0.6 is 12.2 Å². The van der Waals surface area contributed by atoms with Gasteiger partial charge in [0.05, 0.1) is 12.2 Å². The Morgan fingerprint density at radius 3 is 2.55 bits per heavy atom. The predicted molar refractivity (Wildman–Crippen MR) is 89.4 cm³/mol. The predicted octanol–water partition coefficient (Wildman–Crippen LogP) is 3.07. The Kier molecular flexibility index (Phi) is 6.96. The van der Waals surface area contributed by atoms with E-state index in [9.17, 15) is 0 Å². The van der Waals surface area contributed by atoms with Crippen LogP contribution in [-0.2, 0) is 0 Å². The highest BCUT2D eigenvalue weighted by atomic mass is 32.1. The molecule has 4 heteroatoms. The summed E-state index contributed by atoms with van der Waals surface area (Å²) >= 11 is 5.02. The van der Waals surface area contributed by atoms with Crippen LogP contribution in [0.15, 0.2) is 24.3 Å². The Labute approximate surface area is 128 Å². The summed E-state index contributed by atoms with van der Waals surface area (Å²) in [5.74, 6) is 1.44. The van der Waals surface area contributed by atoms with E-state index in [1.54, 1.807) is 0 Å². The highest BCUT2D eigenvalue weighted by Gasteiger charge is 2.12. The second-order valence-electron chi connectivity index (χ2n) is 5.53. The van der Waals surface area contributed by atoms with Crippen molar-refractivity contribution in [2.24, 2.45) is 11.7 Å². The summed E-state index contributed by atoms with van der Waals surface area (Å²) < 4.78 is 5.79. The molecule has 0 aliphatic heterocycles. The van der Waals surface area contributed by atoms with Gasteiger partial charge < -0.3 is 15.4 Å². The Morgan fingerprint density at radius 1 is 1.30 bits per heavy atom. The summed E-state index contributed by atoms with van der Waals surface area (Å²) in [6, 6.07) is 8.24. The van der Waals surface area contributed by atoms with E-state index in [0.717, 1.165) is 24.3 Å². The molecule has 0 heterocycles. The first-order valence-corrected chi connectivity index (χ1v) is 7.56. The fourth-order valence-corrected chi connectivity index (χ4v) is 2.17. The number of nitrogens with two attached hydrogens (primary N) is 1. The molecule has 1 rings (SSSR count). The van der Waals surface area contributed by atoms with Crippen LogP contribution in [0.4, 0.5) is 0 Å². The van der Waals surface area contributed by atoms with E-state index in [1.807, 2.05) is 24.3 Å². The van der Waals surface area contributed by atoms with Crippen molar-refractivity contribution in [2.45, 2.75) is 33.2 Å². The number of thiocarbonyl (C=S) groups is 1. The zero-order valence-electron chi connectivity index (χ0n) is 12.9. The lowest BCUT2D eigenvalue weighted by Crippen LogP contribution is -2.34. The Bertz CT molecular complexity index is 434. The van der Waals surface area contributed by atoms with Crippen LogP contribution in [0, 0.1) is 5.92 Å². The summed E-state index contributed by atoms with van der Waals surface area (Å²) in [5, 5.41) is 0. The van der Waals surface area contributed by atoms with Crippen molar-refractivity contribution < 1.29 is 4.74 Å². The first kappa shape index (κ1) is 16.9. The second kappa shape index (κ2) is 8.22. The van der Waals surface area contributed by atoms with Gasteiger partial charge in [-0.1, -0.05) is 38.2 Å². The van der Waals surface area contributed by atoms with Gasteiger partial charge in [0, 0.05) is 12.6 Å². The van der Waals surface area contributed by atoms with Crippen LogP contribution in [0.1, 0.15) is 32.8 Å². The third-order valence-electron chi connectivity index (χ3n) is 3.73. The molecule has 0 bridgehead atoms. The summed E-state index contributed by atoms with van der Waals surface area (Å²) in [7, 11) is 2.16. The molecule has 0 aromatic heterocycles. The number of benzene rings is 1. The fraction of sp³-hybridized carbons (Fsp3) is 0.562. The molecule has 0 saturated heterocycles. The SMILES string of the molecule is CC(C)C(C)N(C)CCCOc1ccccc1C(N)=S. The molecule has 1 aromatic carbocycles.